The third-order valence-electron chi connectivity index (χ3n) is 2.23. The fourth-order valence-electron chi connectivity index (χ4n) is 1.48. The zero-order valence-corrected chi connectivity index (χ0v) is 9.13. The molecule has 0 unspecified atom stereocenters. The average molecular weight is 229 g/mol. The zero-order valence-electron chi connectivity index (χ0n) is 9.13. The van der Waals surface area contributed by atoms with Gasteiger partial charge in [0.25, 0.3) is 0 Å². The van der Waals surface area contributed by atoms with Crippen molar-refractivity contribution in [2.24, 2.45) is 0 Å². The highest BCUT2D eigenvalue weighted by molar-refractivity contribution is 5.89. The van der Waals surface area contributed by atoms with Crippen LogP contribution in [0.1, 0.15) is 15.9 Å². The maximum Gasteiger partial charge on any atom is 0.336 e. The van der Waals surface area contributed by atoms with Crippen LogP contribution in [0.4, 0.5) is 0 Å². The molecule has 0 bridgehead atoms. The molecule has 1 aromatic rings. The van der Waals surface area contributed by atoms with E-state index in [-0.39, 0.29) is 25.2 Å². The van der Waals surface area contributed by atoms with Crippen LogP contribution in [0.5, 0.6) is 0 Å². The SMILES string of the molecule is N#CCN(CC#N)Cc1ccccc1C(=O)O. The highest BCUT2D eigenvalue weighted by atomic mass is 16.4. The molecule has 0 radical (unpaired) electrons. The smallest absolute Gasteiger partial charge is 0.336 e. The molecule has 0 saturated heterocycles. The van der Waals surface area contributed by atoms with Crippen LogP contribution in [0, 0.1) is 22.7 Å². The molecule has 5 heteroatoms. The number of hydrogen-bond donors (Lipinski definition) is 1. The van der Waals surface area contributed by atoms with E-state index in [2.05, 4.69) is 0 Å². The van der Waals surface area contributed by atoms with Crippen molar-refractivity contribution in [2.45, 2.75) is 6.54 Å². The topological polar surface area (TPSA) is 88.1 Å². The molecular weight excluding hydrogens is 218 g/mol. The molecule has 0 aliphatic heterocycles. The molecule has 0 aromatic heterocycles. The molecule has 1 N–H and O–H groups in total. The summed E-state index contributed by atoms with van der Waals surface area (Å²) in [4.78, 5) is 12.6. The number of benzene rings is 1. The van der Waals surface area contributed by atoms with Crippen molar-refractivity contribution in [1.29, 1.82) is 10.5 Å². The Kier molecular flexibility index (Phi) is 4.68. The summed E-state index contributed by atoms with van der Waals surface area (Å²) in [6, 6.07) is 10.5. The minimum atomic E-state index is -1.01. The van der Waals surface area contributed by atoms with Crippen molar-refractivity contribution in [1.82, 2.24) is 4.90 Å². The van der Waals surface area contributed by atoms with Gasteiger partial charge >= 0.3 is 5.97 Å². The van der Waals surface area contributed by atoms with E-state index in [1.54, 1.807) is 23.1 Å². The van der Waals surface area contributed by atoms with E-state index in [1.807, 2.05) is 12.1 Å². The molecular formula is C12H11N3O2. The third-order valence-corrected chi connectivity index (χ3v) is 2.23. The molecule has 0 atom stereocenters. The number of hydrogen-bond acceptors (Lipinski definition) is 4. The predicted octanol–water partition coefficient (Wildman–Crippen LogP) is 1.23. The van der Waals surface area contributed by atoms with Crippen LogP contribution in [0.15, 0.2) is 24.3 Å². The summed E-state index contributed by atoms with van der Waals surface area (Å²) in [5.41, 5.74) is 0.805. The van der Waals surface area contributed by atoms with Gasteiger partial charge in [-0.3, -0.25) is 4.90 Å². The van der Waals surface area contributed by atoms with E-state index >= 15 is 0 Å². The molecule has 17 heavy (non-hydrogen) atoms. The molecule has 86 valence electrons. The summed E-state index contributed by atoms with van der Waals surface area (Å²) < 4.78 is 0. The van der Waals surface area contributed by atoms with Crippen LogP contribution in [-0.4, -0.2) is 29.1 Å². The number of aromatic carboxylic acids is 1. The first kappa shape index (κ1) is 12.7. The lowest BCUT2D eigenvalue weighted by Crippen LogP contribution is -2.25. The first-order valence-corrected chi connectivity index (χ1v) is 4.96. The van der Waals surface area contributed by atoms with Crippen molar-refractivity contribution < 1.29 is 9.90 Å². The summed E-state index contributed by atoms with van der Waals surface area (Å²) in [7, 11) is 0. The number of rotatable bonds is 5. The third kappa shape index (κ3) is 3.60. The van der Waals surface area contributed by atoms with Crippen LogP contribution >= 0.6 is 0 Å². The predicted molar refractivity (Wildman–Crippen MR) is 59.9 cm³/mol. The molecule has 0 aliphatic rings. The molecule has 1 aromatic carbocycles. The summed E-state index contributed by atoms with van der Waals surface area (Å²) in [6.07, 6.45) is 0. The Labute approximate surface area is 99.1 Å². The van der Waals surface area contributed by atoms with Crippen LogP contribution in [0.25, 0.3) is 0 Å². The molecule has 0 amide bonds. The Bertz CT molecular complexity index is 469. The number of carboxylic acid groups (broad SMARTS) is 1. The fourth-order valence-corrected chi connectivity index (χ4v) is 1.48. The van der Waals surface area contributed by atoms with Gasteiger partial charge in [0.05, 0.1) is 30.8 Å². The summed E-state index contributed by atoms with van der Waals surface area (Å²) >= 11 is 0. The van der Waals surface area contributed by atoms with E-state index < -0.39 is 5.97 Å². The second-order valence-corrected chi connectivity index (χ2v) is 3.42. The van der Waals surface area contributed by atoms with E-state index in [4.69, 9.17) is 15.6 Å². The normalized spacial score (nSPS) is 9.59. The van der Waals surface area contributed by atoms with Crippen LogP contribution < -0.4 is 0 Å². The molecule has 0 spiro atoms. The van der Waals surface area contributed by atoms with E-state index in [0.29, 0.717) is 5.56 Å². The Morgan fingerprint density at radius 2 is 1.82 bits per heavy atom. The highest BCUT2D eigenvalue weighted by Gasteiger charge is 2.12. The number of carbonyl (C=O) groups is 1. The van der Waals surface area contributed by atoms with Crippen molar-refractivity contribution in [3.05, 3.63) is 35.4 Å². The van der Waals surface area contributed by atoms with Crippen molar-refractivity contribution >= 4 is 5.97 Å². The van der Waals surface area contributed by atoms with Crippen molar-refractivity contribution in [3.63, 3.8) is 0 Å². The van der Waals surface area contributed by atoms with Gasteiger partial charge in [0, 0.05) is 6.54 Å². The van der Waals surface area contributed by atoms with E-state index in [1.165, 1.54) is 6.07 Å². The van der Waals surface area contributed by atoms with Crippen molar-refractivity contribution in [2.75, 3.05) is 13.1 Å². The molecule has 5 nitrogen and oxygen atoms in total. The van der Waals surface area contributed by atoms with Crippen LogP contribution in [0.2, 0.25) is 0 Å². The lowest BCUT2D eigenvalue weighted by Gasteiger charge is -2.16. The molecule has 0 heterocycles. The molecule has 0 saturated carbocycles. The minimum absolute atomic E-state index is 0.0987. The van der Waals surface area contributed by atoms with Gasteiger partial charge in [0.2, 0.25) is 0 Å². The largest absolute Gasteiger partial charge is 0.478 e. The van der Waals surface area contributed by atoms with Gasteiger partial charge in [-0.25, -0.2) is 4.79 Å². The van der Waals surface area contributed by atoms with Crippen LogP contribution in [0.3, 0.4) is 0 Å². The molecule has 0 aliphatic carbocycles. The Morgan fingerprint density at radius 1 is 1.24 bits per heavy atom. The Balaban J connectivity index is 2.90. The maximum absolute atomic E-state index is 11.0. The number of carboxylic acids is 1. The van der Waals surface area contributed by atoms with Crippen molar-refractivity contribution in [3.8, 4) is 12.1 Å². The van der Waals surface area contributed by atoms with Gasteiger partial charge in [-0.2, -0.15) is 10.5 Å². The number of nitrogens with zero attached hydrogens (tertiary/aromatic N) is 3. The van der Waals surface area contributed by atoms with E-state index in [9.17, 15) is 4.79 Å². The minimum Gasteiger partial charge on any atom is -0.478 e. The Hall–Kier alpha value is -2.37. The summed E-state index contributed by atoms with van der Waals surface area (Å²) in [5, 5.41) is 26.2. The zero-order chi connectivity index (χ0) is 12.7. The van der Waals surface area contributed by atoms with Gasteiger partial charge in [-0.1, -0.05) is 18.2 Å². The Morgan fingerprint density at radius 3 is 2.35 bits per heavy atom. The van der Waals surface area contributed by atoms with Gasteiger partial charge < -0.3 is 5.11 Å². The maximum atomic E-state index is 11.0. The first-order valence-electron chi connectivity index (χ1n) is 4.96. The quantitative estimate of drug-likeness (QED) is 0.767. The van der Waals surface area contributed by atoms with Gasteiger partial charge in [0.1, 0.15) is 0 Å². The van der Waals surface area contributed by atoms with Gasteiger partial charge in [-0.05, 0) is 11.6 Å². The second-order valence-electron chi connectivity index (χ2n) is 3.42. The van der Waals surface area contributed by atoms with Crippen LogP contribution in [-0.2, 0) is 6.54 Å². The average Bonchev–Trinajstić information content (AvgIpc) is 2.30. The molecule has 0 fully saturated rings. The molecule has 1 rings (SSSR count). The summed E-state index contributed by atoms with van der Waals surface area (Å²) in [5.74, 6) is -1.01. The fraction of sp³-hybridized carbons (Fsp3) is 0.250. The first-order chi connectivity index (χ1) is 8.19. The van der Waals surface area contributed by atoms with E-state index in [0.717, 1.165) is 0 Å². The van der Waals surface area contributed by atoms with Gasteiger partial charge in [-0.15, -0.1) is 0 Å². The highest BCUT2D eigenvalue weighted by Crippen LogP contribution is 2.11. The standard InChI is InChI=1S/C12H11N3O2/c13-5-7-15(8-6-14)9-10-3-1-2-4-11(10)12(16)17/h1-4H,7-9H2,(H,16,17). The van der Waals surface area contributed by atoms with Gasteiger partial charge in [0.15, 0.2) is 0 Å². The second kappa shape index (κ2) is 6.26. The lowest BCUT2D eigenvalue weighted by atomic mass is 10.1. The lowest BCUT2D eigenvalue weighted by molar-refractivity contribution is 0.0694. The number of nitriles is 2. The monoisotopic (exact) mass is 229 g/mol. The summed E-state index contributed by atoms with van der Waals surface area (Å²) in [6.45, 7) is 0.479.